The number of ether oxygens (including phenoxy) is 1. The van der Waals surface area contributed by atoms with Crippen LogP contribution in [0.15, 0.2) is 72.6 Å². The highest BCUT2D eigenvalue weighted by molar-refractivity contribution is 6.00. The molecular formula is C29H24F6N4O2. The first-order valence-corrected chi connectivity index (χ1v) is 12.6. The highest BCUT2D eigenvalue weighted by atomic mass is 19.4. The number of halogens is 6. The Morgan fingerprint density at radius 1 is 1.02 bits per heavy atom. The summed E-state index contributed by atoms with van der Waals surface area (Å²) < 4.78 is 82.9. The Morgan fingerprint density at radius 3 is 2.27 bits per heavy atom. The Labute approximate surface area is 230 Å². The lowest BCUT2D eigenvalue weighted by atomic mass is 10.0. The van der Waals surface area contributed by atoms with Crippen molar-refractivity contribution in [2.75, 3.05) is 6.54 Å². The van der Waals surface area contributed by atoms with E-state index >= 15 is 0 Å². The average molecular weight is 575 g/mol. The minimum Gasteiger partial charge on any atom is -0.457 e. The monoisotopic (exact) mass is 574 g/mol. The molecular weight excluding hydrogens is 550 g/mol. The van der Waals surface area contributed by atoms with Crippen LogP contribution >= 0.6 is 0 Å². The van der Waals surface area contributed by atoms with Crippen LogP contribution in [0, 0.1) is 6.92 Å². The molecule has 12 heteroatoms. The van der Waals surface area contributed by atoms with Gasteiger partial charge in [-0.25, -0.2) is 0 Å². The number of nitrogens with zero attached hydrogens (tertiary/aromatic N) is 2. The molecule has 6 nitrogen and oxygen atoms in total. The second-order valence-electron chi connectivity index (χ2n) is 9.73. The van der Waals surface area contributed by atoms with E-state index in [1.807, 2.05) is 23.5 Å². The number of amides is 1. The fraction of sp³-hybridized carbons (Fsp3) is 0.241. The molecule has 1 unspecified atom stereocenters. The number of carbonyl (C=O) groups is 1. The molecule has 1 atom stereocenters. The molecule has 1 amide bonds. The van der Waals surface area contributed by atoms with E-state index < -0.39 is 30.4 Å². The van der Waals surface area contributed by atoms with Crippen molar-refractivity contribution in [1.29, 1.82) is 0 Å². The van der Waals surface area contributed by atoms with E-state index in [4.69, 9.17) is 4.74 Å². The molecule has 0 aliphatic carbocycles. The minimum atomic E-state index is -4.49. The SMILES string of the molecule is Cc1c(C(=O)NCC(F)(F)F)ccc2nn(CC3CC(=Cc4ccc(Oc5ccc(C(F)(F)F)cc5)cc4)N3)cc12. The minimum absolute atomic E-state index is 0.118. The molecule has 41 heavy (non-hydrogen) atoms. The van der Waals surface area contributed by atoms with Crippen LogP contribution in [-0.4, -0.2) is 34.5 Å². The Balaban J connectivity index is 1.15. The van der Waals surface area contributed by atoms with E-state index in [2.05, 4.69) is 10.4 Å². The van der Waals surface area contributed by atoms with Crippen molar-refractivity contribution in [3.05, 3.63) is 94.8 Å². The van der Waals surface area contributed by atoms with E-state index in [9.17, 15) is 31.1 Å². The van der Waals surface area contributed by atoms with E-state index in [-0.39, 0.29) is 11.6 Å². The van der Waals surface area contributed by atoms with Gasteiger partial charge in [-0.1, -0.05) is 12.1 Å². The summed E-state index contributed by atoms with van der Waals surface area (Å²) in [7, 11) is 0. The van der Waals surface area contributed by atoms with Crippen molar-refractivity contribution in [1.82, 2.24) is 20.4 Å². The van der Waals surface area contributed by atoms with Gasteiger partial charge in [-0.2, -0.15) is 31.4 Å². The number of hydrogen-bond acceptors (Lipinski definition) is 4. The van der Waals surface area contributed by atoms with Gasteiger partial charge < -0.3 is 15.4 Å². The van der Waals surface area contributed by atoms with Crippen LogP contribution < -0.4 is 15.4 Å². The molecule has 1 aromatic heterocycles. The molecule has 0 spiro atoms. The molecule has 214 valence electrons. The van der Waals surface area contributed by atoms with Crippen LogP contribution in [0.25, 0.3) is 17.0 Å². The number of hydrogen-bond donors (Lipinski definition) is 2. The predicted molar refractivity (Wildman–Crippen MR) is 140 cm³/mol. The molecule has 5 rings (SSSR count). The van der Waals surface area contributed by atoms with E-state index in [0.717, 1.165) is 29.8 Å². The first-order valence-electron chi connectivity index (χ1n) is 12.6. The van der Waals surface area contributed by atoms with Gasteiger partial charge in [-0.15, -0.1) is 0 Å². The first-order chi connectivity index (χ1) is 19.3. The number of benzene rings is 3. The second kappa shape index (κ2) is 10.8. The van der Waals surface area contributed by atoms with Gasteiger partial charge in [-0.05, 0) is 72.7 Å². The summed E-state index contributed by atoms with van der Waals surface area (Å²) >= 11 is 0. The molecule has 1 saturated heterocycles. The van der Waals surface area contributed by atoms with Crippen LogP contribution in [0.5, 0.6) is 11.5 Å². The summed E-state index contributed by atoms with van der Waals surface area (Å²) in [6.45, 7) is 0.840. The smallest absolute Gasteiger partial charge is 0.416 e. The van der Waals surface area contributed by atoms with Crippen molar-refractivity contribution < 1.29 is 35.9 Å². The Bertz CT molecular complexity index is 1580. The average Bonchev–Trinajstić information content (AvgIpc) is 3.30. The van der Waals surface area contributed by atoms with Gasteiger partial charge in [-0.3, -0.25) is 9.48 Å². The summed E-state index contributed by atoms with van der Waals surface area (Å²) in [6.07, 6.45) is -4.36. The first kappa shape index (κ1) is 28.1. The highest BCUT2D eigenvalue weighted by Crippen LogP contribution is 2.32. The zero-order valence-electron chi connectivity index (χ0n) is 21.6. The standard InChI is InChI=1S/C29H24F6N4O2/c1-17-24(27(40)36-16-28(30,31)32)10-11-26-25(17)15-39(38-26)14-21-13-20(37-21)12-18-2-6-22(7-3-18)41-23-8-4-19(5-9-23)29(33,34)35/h2-12,15,21,37H,13-14,16H2,1H3,(H,36,40). The van der Waals surface area contributed by atoms with Crippen molar-refractivity contribution in [3.63, 3.8) is 0 Å². The fourth-order valence-electron chi connectivity index (χ4n) is 4.52. The molecule has 2 N–H and O–H groups in total. The Hall–Kier alpha value is -4.48. The number of rotatable bonds is 7. The summed E-state index contributed by atoms with van der Waals surface area (Å²) in [6, 6.07) is 14.8. The number of aromatic nitrogens is 2. The van der Waals surface area contributed by atoms with Crippen molar-refractivity contribution in [2.45, 2.75) is 38.3 Å². The maximum Gasteiger partial charge on any atom is 0.416 e. The van der Waals surface area contributed by atoms with E-state index in [1.165, 1.54) is 18.2 Å². The van der Waals surface area contributed by atoms with Crippen molar-refractivity contribution >= 4 is 22.9 Å². The number of carbonyl (C=O) groups excluding carboxylic acids is 1. The lowest BCUT2D eigenvalue weighted by Gasteiger charge is -2.32. The summed E-state index contributed by atoms with van der Waals surface area (Å²) in [5.74, 6) is 0.00695. The molecule has 0 radical (unpaired) electrons. The number of nitrogens with one attached hydrogen (secondary N) is 2. The van der Waals surface area contributed by atoms with Gasteiger partial charge in [0.2, 0.25) is 0 Å². The summed E-state index contributed by atoms with van der Waals surface area (Å²) in [5, 5.41) is 10.5. The third-order valence-electron chi connectivity index (χ3n) is 6.60. The van der Waals surface area contributed by atoms with Gasteiger partial charge in [0.15, 0.2) is 0 Å². The van der Waals surface area contributed by atoms with Crippen LogP contribution in [0.4, 0.5) is 26.3 Å². The number of aryl methyl sites for hydroxylation is 1. The largest absolute Gasteiger partial charge is 0.457 e. The van der Waals surface area contributed by atoms with E-state index in [0.29, 0.717) is 34.5 Å². The van der Waals surface area contributed by atoms with Crippen molar-refractivity contribution in [2.24, 2.45) is 0 Å². The molecule has 4 aromatic rings. The van der Waals surface area contributed by atoms with Gasteiger partial charge in [0, 0.05) is 29.3 Å². The molecule has 3 aromatic carbocycles. The Morgan fingerprint density at radius 2 is 1.66 bits per heavy atom. The number of fused-ring (bicyclic) bond motifs is 1. The van der Waals surface area contributed by atoms with E-state index in [1.54, 1.807) is 36.0 Å². The predicted octanol–water partition coefficient (Wildman–Crippen LogP) is 6.85. The third kappa shape index (κ3) is 6.82. The van der Waals surface area contributed by atoms with Gasteiger partial charge in [0.25, 0.3) is 5.91 Å². The second-order valence-corrected chi connectivity index (χ2v) is 9.73. The van der Waals surface area contributed by atoms with Gasteiger partial charge in [0.05, 0.1) is 23.7 Å². The fourth-order valence-corrected chi connectivity index (χ4v) is 4.52. The van der Waals surface area contributed by atoms with Crippen LogP contribution in [0.2, 0.25) is 0 Å². The molecule has 0 bridgehead atoms. The highest BCUT2D eigenvalue weighted by Gasteiger charge is 2.30. The van der Waals surface area contributed by atoms with Crippen LogP contribution in [0.1, 0.15) is 33.5 Å². The maximum absolute atomic E-state index is 12.7. The topological polar surface area (TPSA) is 68.2 Å². The third-order valence-corrected chi connectivity index (χ3v) is 6.60. The maximum atomic E-state index is 12.7. The lowest BCUT2D eigenvalue weighted by Crippen LogP contribution is -2.43. The van der Waals surface area contributed by atoms with Crippen LogP contribution in [-0.2, 0) is 12.7 Å². The summed E-state index contributed by atoms with van der Waals surface area (Å²) in [5.41, 5.74) is 2.56. The molecule has 2 heterocycles. The summed E-state index contributed by atoms with van der Waals surface area (Å²) in [4.78, 5) is 12.2. The normalized spacial score (nSPS) is 16.4. The molecule has 1 aliphatic heterocycles. The zero-order chi connectivity index (χ0) is 29.4. The van der Waals surface area contributed by atoms with Gasteiger partial charge >= 0.3 is 12.4 Å². The Kier molecular flexibility index (Phi) is 7.41. The quantitative estimate of drug-likeness (QED) is 0.237. The molecule has 0 saturated carbocycles. The van der Waals surface area contributed by atoms with Crippen LogP contribution in [0.3, 0.4) is 0 Å². The van der Waals surface area contributed by atoms with Gasteiger partial charge in [0.1, 0.15) is 18.0 Å². The molecule has 1 fully saturated rings. The lowest BCUT2D eigenvalue weighted by molar-refractivity contribution is -0.137. The number of alkyl halides is 6. The molecule has 1 aliphatic rings. The zero-order valence-corrected chi connectivity index (χ0v) is 21.6. The van der Waals surface area contributed by atoms with Crippen molar-refractivity contribution in [3.8, 4) is 11.5 Å².